The van der Waals surface area contributed by atoms with Crippen molar-refractivity contribution in [3.63, 3.8) is 0 Å². The SMILES string of the molecule is CC(C)Oc1ccc(-c2nnc(SCC(C(C)C)C(C)C)nc2-c2ccc(N(C)C)cc2)cc1. The number of benzene rings is 2. The van der Waals surface area contributed by atoms with Gasteiger partial charge in [-0.2, -0.15) is 0 Å². The van der Waals surface area contributed by atoms with Crippen LogP contribution in [0.5, 0.6) is 5.75 Å². The van der Waals surface area contributed by atoms with Crippen molar-refractivity contribution in [1.29, 1.82) is 0 Å². The van der Waals surface area contributed by atoms with Crippen LogP contribution < -0.4 is 9.64 Å². The number of ether oxygens (including phenoxy) is 1. The minimum Gasteiger partial charge on any atom is -0.491 e. The molecule has 0 aliphatic carbocycles. The van der Waals surface area contributed by atoms with Crippen molar-refractivity contribution in [2.75, 3.05) is 24.7 Å². The molecule has 2 aromatic carbocycles. The third-order valence-corrected chi connectivity index (χ3v) is 6.92. The molecule has 1 aromatic heterocycles. The first-order chi connectivity index (χ1) is 16.2. The molecule has 0 fully saturated rings. The van der Waals surface area contributed by atoms with Crippen molar-refractivity contribution in [2.24, 2.45) is 17.8 Å². The number of anilines is 1. The van der Waals surface area contributed by atoms with E-state index in [1.54, 1.807) is 11.8 Å². The molecule has 6 heteroatoms. The minimum absolute atomic E-state index is 0.134. The van der Waals surface area contributed by atoms with Crippen molar-refractivity contribution in [3.8, 4) is 28.3 Å². The molecular formula is C28H38N4OS. The summed E-state index contributed by atoms with van der Waals surface area (Å²) in [4.78, 5) is 7.09. The lowest BCUT2D eigenvalue weighted by molar-refractivity contribution is 0.242. The number of thioether (sulfide) groups is 1. The maximum absolute atomic E-state index is 5.81. The summed E-state index contributed by atoms with van der Waals surface area (Å²) >= 11 is 1.70. The Balaban J connectivity index is 1.98. The van der Waals surface area contributed by atoms with E-state index < -0.39 is 0 Å². The van der Waals surface area contributed by atoms with Gasteiger partial charge in [0, 0.05) is 36.7 Å². The Morgan fingerprint density at radius 1 is 0.765 bits per heavy atom. The van der Waals surface area contributed by atoms with Crippen LogP contribution in [0.15, 0.2) is 53.7 Å². The highest BCUT2D eigenvalue weighted by Crippen LogP contribution is 2.33. The molecule has 182 valence electrons. The molecule has 1 heterocycles. The molecule has 0 spiro atoms. The third kappa shape index (κ3) is 6.72. The Morgan fingerprint density at radius 3 is 1.85 bits per heavy atom. The van der Waals surface area contributed by atoms with Crippen LogP contribution in [0.25, 0.3) is 22.5 Å². The Kier molecular flexibility index (Phi) is 8.95. The molecule has 0 unspecified atom stereocenters. The van der Waals surface area contributed by atoms with Crippen molar-refractivity contribution >= 4 is 17.4 Å². The van der Waals surface area contributed by atoms with Crippen LogP contribution in [-0.4, -0.2) is 41.1 Å². The van der Waals surface area contributed by atoms with Gasteiger partial charge in [0.05, 0.1) is 6.10 Å². The second kappa shape index (κ2) is 11.7. The van der Waals surface area contributed by atoms with Crippen LogP contribution in [0.2, 0.25) is 0 Å². The molecule has 0 aliphatic rings. The highest BCUT2D eigenvalue weighted by Gasteiger charge is 2.20. The van der Waals surface area contributed by atoms with Gasteiger partial charge in [-0.3, -0.25) is 0 Å². The van der Waals surface area contributed by atoms with Gasteiger partial charge < -0.3 is 9.64 Å². The van der Waals surface area contributed by atoms with Crippen LogP contribution in [0.4, 0.5) is 5.69 Å². The molecule has 0 atom stereocenters. The Morgan fingerprint density at radius 2 is 1.32 bits per heavy atom. The molecule has 3 rings (SSSR count). The maximum Gasteiger partial charge on any atom is 0.209 e. The fraction of sp³-hybridized carbons (Fsp3) is 0.464. The summed E-state index contributed by atoms with van der Waals surface area (Å²) in [7, 11) is 4.09. The zero-order valence-corrected chi connectivity index (χ0v) is 22.6. The zero-order valence-electron chi connectivity index (χ0n) is 21.7. The average Bonchev–Trinajstić information content (AvgIpc) is 2.79. The standard InChI is InChI=1S/C28H38N4OS/c1-18(2)25(19(3)4)17-34-28-29-26(21-9-13-23(14-10-21)32(7)8)27(30-31-28)22-11-15-24(16-12-22)33-20(5)6/h9-16,18-20,25H,17H2,1-8H3. The van der Waals surface area contributed by atoms with Crippen molar-refractivity contribution in [2.45, 2.75) is 52.8 Å². The summed E-state index contributed by atoms with van der Waals surface area (Å²) in [5.41, 5.74) is 4.79. The second-order valence-electron chi connectivity index (χ2n) is 9.89. The van der Waals surface area contributed by atoms with E-state index in [4.69, 9.17) is 9.72 Å². The van der Waals surface area contributed by atoms with E-state index in [-0.39, 0.29) is 6.10 Å². The number of hydrogen-bond donors (Lipinski definition) is 0. The minimum atomic E-state index is 0.134. The van der Waals surface area contributed by atoms with E-state index in [0.29, 0.717) is 17.8 Å². The average molecular weight is 479 g/mol. The summed E-state index contributed by atoms with van der Waals surface area (Å²) in [6.45, 7) is 13.2. The topological polar surface area (TPSA) is 51.1 Å². The molecule has 34 heavy (non-hydrogen) atoms. The lowest BCUT2D eigenvalue weighted by Crippen LogP contribution is -2.18. The quantitative estimate of drug-likeness (QED) is 0.290. The molecule has 3 aromatic rings. The van der Waals surface area contributed by atoms with Crippen LogP contribution in [0, 0.1) is 17.8 Å². The van der Waals surface area contributed by atoms with Gasteiger partial charge in [-0.25, -0.2) is 4.98 Å². The predicted molar refractivity (Wildman–Crippen MR) is 145 cm³/mol. The van der Waals surface area contributed by atoms with E-state index >= 15 is 0 Å². The second-order valence-corrected chi connectivity index (χ2v) is 10.9. The van der Waals surface area contributed by atoms with Gasteiger partial charge in [-0.05, 0) is 68.0 Å². The zero-order chi connectivity index (χ0) is 24.8. The number of aromatic nitrogens is 3. The monoisotopic (exact) mass is 478 g/mol. The Labute approximate surface area is 209 Å². The summed E-state index contributed by atoms with van der Waals surface area (Å²) in [5.74, 6) is 3.66. The number of hydrogen-bond acceptors (Lipinski definition) is 6. The summed E-state index contributed by atoms with van der Waals surface area (Å²) < 4.78 is 5.81. The smallest absolute Gasteiger partial charge is 0.209 e. The van der Waals surface area contributed by atoms with Crippen LogP contribution in [0.3, 0.4) is 0 Å². The van der Waals surface area contributed by atoms with E-state index in [1.165, 1.54) is 0 Å². The highest BCUT2D eigenvalue weighted by atomic mass is 32.2. The summed E-state index contributed by atoms with van der Waals surface area (Å²) in [6, 6.07) is 16.5. The van der Waals surface area contributed by atoms with Gasteiger partial charge in [-0.1, -0.05) is 51.6 Å². The lowest BCUT2D eigenvalue weighted by atomic mass is 9.87. The predicted octanol–water partition coefficient (Wildman–Crippen LogP) is 7.08. The summed E-state index contributed by atoms with van der Waals surface area (Å²) in [5, 5.41) is 9.89. The van der Waals surface area contributed by atoms with Crippen molar-refractivity contribution in [3.05, 3.63) is 48.5 Å². The lowest BCUT2D eigenvalue weighted by Gasteiger charge is -2.24. The van der Waals surface area contributed by atoms with E-state index in [9.17, 15) is 0 Å². The molecular weight excluding hydrogens is 440 g/mol. The fourth-order valence-electron chi connectivity index (χ4n) is 3.97. The number of rotatable bonds is 10. The van der Waals surface area contributed by atoms with E-state index in [1.807, 2.05) is 52.2 Å². The van der Waals surface area contributed by atoms with Crippen LogP contribution in [0.1, 0.15) is 41.5 Å². The molecule has 0 amide bonds. The van der Waals surface area contributed by atoms with Gasteiger partial charge in [0.1, 0.15) is 17.1 Å². The molecule has 0 N–H and O–H groups in total. The first-order valence-electron chi connectivity index (χ1n) is 12.1. The molecule has 0 aliphatic heterocycles. The van der Waals surface area contributed by atoms with Gasteiger partial charge >= 0.3 is 0 Å². The highest BCUT2D eigenvalue weighted by molar-refractivity contribution is 7.99. The van der Waals surface area contributed by atoms with Gasteiger partial charge in [0.25, 0.3) is 0 Å². The normalized spacial score (nSPS) is 11.6. The fourth-order valence-corrected chi connectivity index (χ4v) is 5.34. The maximum atomic E-state index is 5.81. The molecule has 0 radical (unpaired) electrons. The molecule has 0 bridgehead atoms. The van der Waals surface area contributed by atoms with E-state index in [0.717, 1.165) is 44.9 Å². The van der Waals surface area contributed by atoms with Crippen molar-refractivity contribution < 1.29 is 4.74 Å². The molecule has 5 nitrogen and oxygen atoms in total. The summed E-state index contributed by atoms with van der Waals surface area (Å²) in [6.07, 6.45) is 0.134. The first-order valence-corrected chi connectivity index (χ1v) is 13.1. The molecule has 0 saturated heterocycles. The molecule has 0 saturated carbocycles. The van der Waals surface area contributed by atoms with Crippen molar-refractivity contribution in [1.82, 2.24) is 15.2 Å². The van der Waals surface area contributed by atoms with E-state index in [2.05, 4.69) is 67.1 Å². The van der Waals surface area contributed by atoms with Gasteiger partial charge in [-0.15, -0.1) is 10.2 Å². The largest absolute Gasteiger partial charge is 0.491 e. The first kappa shape index (κ1) is 26.0. The third-order valence-electron chi connectivity index (χ3n) is 5.94. The van der Waals surface area contributed by atoms with Crippen LogP contribution >= 0.6 is 11.8 Å². The van der Waals surface area contributed by atoms with Gasteiger partial charge in [0.15, 0.2) is 0 Å². The van der Waals surface area contributed by atoms with Gasteiger partial charge in [0.2, 0.25) is 5.16 Å². The Bertz CT molecular complexity index is 1040. The Hall–Kier alpha value is -2.60. The van der Waals surface area contributed by atoms with Crippen LogP contribution in [-0.2, 0) is 0 Å². The number of nitrogens with zero attached hydrogens (tertiary/aromatic N) is 4.